The fraction of sp³-hybridized carbons (Fsp3) is 0.450. The highest BCUT2D eigenvalue weighted by molar-refractivity contribution is 5.84. The van der Waals surface area contributed by atoms with Crippen molar-refractivity contribution >= 4 is 16.9 Å². The summed E-state index contributed by atoms with van der Waals surface area (Å²) in [6, 6.07) is 6.19. The van der Waals surface area contributed by atoms with Crippen LogP contribution >= 0.6 is 0 Å². The zero-order chi connectivity index (χ0) is 19.6. The molecule has 0 unspecified atom stereocenters. The Hall–Kier alpha value is -2.59. The molecule has 0 bridgehead atoms. The van der Waals surface area contributed by atoms with E-state index in [2.05, 4.69) is 49.6 Å². The third-order valence-corrected chi connectivity index (χ3v) is 5.33. The van der Waals surface area contributed by atoms with E-state index >= 15 is 0 Å². The number of hydrazine groups is 1. The van der Waals surface area contributed by atoms with Gasteiger partial charge in [0.2, 0.25) is 5.95 Å². The number of piperazine rings is 1. The summed E-state index contributed by atoms with van der Waals surface area (Å²) in [5, 5.41) is 7.60. The van der Waals surface area contributed by atoms with Crippen LogP contribution in [0.25, 0.3) is 22.0 Å². The van der Waals surface area contributed by atoms with Gasteiger partial charge in [0.1, 0.15) is 0 Å². The molecule has 0 amide bonds. The Morgan fingerprint density at radius 3 is 2.72 bits per heavy atom. The summed E-state index contributed by atoms with van der Waals surface area (Å²) in [4.78, 5) is 11.5. The second-order valence-electron chi connectivity index (χ2n) is 7.49. The van der Waals surface area contributed by atoms with Crippen molar-refractivity contribution in [2.24, 2.45) is 0 Å². The molecule has 2 fully saturated rings. The zero-order valence-corrected chi connectivity index (χ0v) is 16.5. The zero-order valence-electron chi connectivity index (χ0n) is 16.5. The van der Waals surface area contributed by atoms with Crippen molar-refractivity contribution < 1.29 is 9.47 Å². The van der Waals surface area contributed by atoms with E-state index in [1.54, 1.807) is 0 Å². The number of aromatic nitrogens is 4. The van der Waals surface area contributed by atoms with Gasteiger partial charge in [0.25, 0.3) is 0 Å². The van der Waals surface area contributed by atoms with E-state index in [1.165, 1.54) is 0 Å². The molecule has 1 aromatic carbocycles. The Kier molecular flexibility index (Phi) is 5.11. The summed E-state index contributed by atoms with van der Waals surface area (Å²) in [5.41, 5.74) is 6.37. The highest BCUT2D eigenvalue weighted by atomic mass is 16.7. The topological polar surface area (TPSA) is 80.6 Å². The summed E-state index contributed by atoms with van der Waals surface area (Å²) in [6.07, 6.45) is 5.53. The van der Waals surface area contributed by atoms with Crippen LogP contribution in [0.15, 0.2) is 36.8 Å². The van der Waals surface area contributed by atoms with Crippen LogP contribution in [0.4, 0.5) is 5.95 Å². The number of nitrogens with one attached hydrogen (secondary N) is 1. The Balaban J connectivity index is 1.29. The van der Waals surface area contributed by atoms with Crippen molar-refractivity contribution in [3.63, 3.8) is 0 Å². The number of ether oxygens (including phenoxy) is 2. The van der Waals surface area contributed by atoms with Gasteiger partial charge in [0.05, 0.1) is 31.5 Å². The lowest BCUT2D eigenvalue weighted by Crippen LogP contribution is -2.47. The molecule has 0 saturated carbocycles. The number of anilines is 1. The third-order valence-electron chi connectivity index (χ3n) is 5.33. The Morgan fingerprint density at radius 2 is 1.90 bits per heavy atom. The first-order chi connectivity index (χ1) is 14.2. The van der Waals surface area contributed by atoms with E-state index in [0.29, 0.717) is 25.7 Å². The summed E-state index contributed by atoms with van der Waals surface area (Å²) in [6.45, 7) is 5.88. The highest BCUT2D eigenvalue weighted by Gasteiger charge is 2.17. The molecule has 0 aliphatic carbocycles. The van der Waals surface area contributed by atoms with Crippen molar-refractivity contribution in [3.8, 4) is 11.1 Å². The molecule has 0 atom stereocenters. The predicted octanol–water partition coefficient (Wildman–Crippen LogP) is 1.44. The number of fused-ring (bicyclic) bond motifs is 1. The van der Waals surface area contributed by atoms with Gasteiger partial charge in [-0.05, 0) is 24.7 Å². The second kappa shape index (κ2) is 8.03. The van der Waals surface area contributed by atoms with Crippen LogP contribution < -0.4 is 5.43 Å². The lowest BCUT2D eigenvalue weighted by molar-refractivity contribution is -0.0545. The molecule has 2 aliphatic heterocycles. The molecule has 0 radical (unpaired) electrons. The molecule has 2 aliphatic rings. The normalized spacial score (nSPS) is 19.2. The minimum Gasteiger partial charge on any atom is -0.348 e. The molecule has 9 nitrogen and oxygen atoms in total. The fourth-order valence-electron chi connectivity index (χ4n) is 3.60. The van der Waals surface area contributed by atoms with Gasteiger partial charge in [-0.1, -0.05) is 6.07 Å². The van der Waals surface area contributed by atoms with Crippen molar-refractivity contribution in [2.75, 3.05) is 51.9 Å². The van der Waals surface area contributed by atoms with Crippen LogP contribution in [0.5, 0.6) is 0 Å². The lowest BCUT2D eigenvalue weighted by atomic mass is 10.1. The van der Waals surface area contributed by atoms with Gasteiger partial charge in [-0.3, -0.25) is 10.1 Å². The molecule has 2 saturated heterocycles. The van der Waals surface area contributed by atoms with E-state index in [9.17, 15) is 0 Å². The third kappa shape index (κ3) is 4.23. The molecule has 2 aromatic heterocycles. The second-order valence-corrected chi connectivity index (χ2v) is 7.49. The van der Waals surface area contributed by atoms with E-state index in [0.717, 1.165) is 48.2 Å². The fourth-order valence-corrected chi connectivity index (χ4v) is 3.60. The number of likely N-dealkylation sites (N-methyl/N-ethyl adjacent to an activating group) is 1. The van der Waals surface area contributed by atoms with Crippen molar-refractivity contribution in [1.29, 1.82) is 0 Å². The SMILES string of the molecule is CN1CCN(Nc2ncc3cc(-c4cnn(CC5OCCO5)c4)ccc3n2)CC1. The monoisotopic (exact) mass is 395 g/mol. The van der Waals surface area contributed by atoms with Crippen molar-refractivity contribution in [3.05, 3.63) is 36.8 Å². The number of benzene rings is 1. The molecule has 1 N–H and O–H groups in total. The van der Waals surface area contributed by atoms with Crippen LogP contribution in [0, 0.1) is 0 Å². The summed E-state index contributed by atoms with van der Waals surface area (Å²) < 4.78 is 12.8. The number of hydrogen-bond acceptors (Lipinski definition) is 8. The van der Waals surface area contributed by atoms with E-state index < -0.39 is 0 Å². The lowest BCUT2D eigenvalue weighted by Gasteiger charge is -2.32. The summed E-state index contributed by atoms with van der Waals surface area (Å²) in [5.74, 6) is 0.638. The maximum absolute atomic E-state index is 5.49. The molecule has 4 heterocycles. The standard InChI is InChI=1S/C20H25N7O2/c1-25-4-6-26(7-5-25)24-20-21-11-16-10-15(2-3-18(16)23-20)17-12-22-27(13-17)14-19-28-8-9-29-19/h2-3,10-13,19H,4-9,14H2,1H3,(H,21,23,24). The van der Waals surface area contributed by atoms with Gasteiger partial charge in [0.15, 0.2) is 6.29 Å². The number of nitrogens with zero attached hydrogens (tertiary/aromatic N) is 6. The first kappa shape index (κ1) is 18.4. The van der Waals surface area contributed by atoms with Gasteiger partial charge >= 0.3 is 0 Å². The predicted molar refractivity (Wildman–Crippen MR) is 109 cm³/mol. The minimum atomic E-state index is -0.209. The van der Waals surface area contributed by atoms with Gasteiger partial charge in [0, 0.05) is 49.5 Å². The minimum absolute atomic E-state index is 0.209. The molecule has 29 heavy (non-hydrogen) atoms. The average molecular weight is 395 g/mol. The maximum atomic E-state index is 5.49. The molecule has 0 spiro atoms. The smallest absolute Gasteiger partial charge is 0.238 e. The Morgan fingerprint density at radius 1 is 1.07 bits per heavy atom. The maximum Gasteiger partial charge on any atom is 0.238 e. The number of rotatable bonds is 5. The van der Waals surface area contributed by atoms with Gasteiger partial charge in [-0.15, -0.1) is 0 Å². The van der Waals surface area contributed by atoms with E-state index in [-0.39, 0.29) is 6.29 Å². The largest absolute Gasteiger partial charge is 0.348 e. The van der Waals surface area contributed by atoms with Gasteiger partial charge in [-0.25, -0.2) is 15.0 Å². The molecule has 3 aromatic rings. The van der Waals surface area contributed by atoms with E-state index in [1.807, 2.05) is 29.3 Å². The van der Waals surface area contributed by atoms with Gasteiger partial charge in [-0.2, -0.15) is 5.10 Å². The van der Waals surface area contributed by atoms with Crippen LogP contribution in [0.1, 0.15) is 0 Å². The summed E-state index contributed by atoms with van der Waals surface area (Å²) >= 11 is 0. The molecule has 152 valence electrons. The van der Waals surface area contributed by atoms with Crippen LogP contribution in [-0.2, 0) is 16.0 Å². The van der Waals surface area contributed by atoms with Crippen LogP contribution in [-0.4, -0.2) is 82.4 Å². The molecular weight excluding hydrogens is 370 g/mol. The van der Waals surface area contributed by atoms with Gasteiger partial charge < -0.3 is 14.4 Å². The molecule has 9 heteroatoms. The summed E-state index contributed by atoms with van der Waals surface area (Å²) in [7, 11) is 2.14. The average Bonchev–Trinajstić information content (AvgIpc) is 3.42. The first-order valence-electron chi connectivity index (χ1n) is 9.96. The highest BCUT2D eigenvalue weighted by Crippen LogP contribution is 2.24. The Bertz CT molecular complexity index is 978. The number of hydrogen-bond donors (Lipinski definition) is 1. The van der Waals surface area contributed by atoms with Crippen molar-refractivity contribution in [2.45, 2.75) is 12.8 Å². The van der Waals surface area contributed by atoms with Crippen LogP contribution in [0.2, 0.25) is 0 Å². The first-order valence-corrected chi connectivity index (χ1v) is 9.96. The van der Waals surface area contributed by atoms with Crippen LogP contribution in [0.3, 0.4) is 0 Å². The molecule has 5 rings (SSSR count). The quantitative estimate of drug-likeness (QED) is 0.695. The Labute approximate surface area is 169 Å². The molecular formula is C20H25N7O2. The van der Waals surface area contributed by atoms with E-state index in [4.69, 9.17) is 9.47 Å². The van der Waals surface area contributed by atoms with Crippen molar-refractivity contribution in [1.82, 2.24) is 29.7 Å².